The van der Waals surface area contributed by atoms with Gasteiger partial charge >= 0.3 is 0 Å². The van der Waals surface area contributed by atoms with E-state index in [2.05, 4.69) is 5.32 Å². The van der Waals surface area contributed by atoms with E-state index in [0.29, 0.717) is 12.5 Å². The van der Waals surface area contributed by atoms with Crippen molar-refractivity contribution >= 4 is 5.91 Å². The van der Waals surface area contributed by atoms with Crippen LogP contribution in [0.25, 0.3) is 0 Å². The maximum Gasteiger partial charge on any atom is 0.233 e. The molecule has 0 saturated carbocycles. The monoisotopic (exact) mass is 172 g/mol. The fourth-order valence-electron chi connectivity index (χ4n) is 1.36. The predicted molar refractivity (Wildman–Crippen MR) is 45.6 cm³/mol. The Hall–Kier alpha value is -0.610. The van der Waals surface area contributed by atoms with E-state index >= 15 is 0 Å². The van der Waals surface area contributed by atoms with Crippen molar-refractivity contribution in [3.63, 3.8) is 0 Å². The van der Waals surface area contributed by atoms with E-state index in [4.69, 9.17) is 10.5 Å². The van der Waals surface area contributed by atoms with Gasteiger partial charge in [-0.05, 0) is 13.3 Å². The van der Waals surface area contributed by atoms with Gasteiger partial charge in [-0.1, -0.05) is 0 Å². The van der Waals surface area contributed by atoms with E-state index in [9.17, 15) is 4.79 Å². The lowest BCUT2D eigenvalue weighted by Gasteiger charge is -2.13. The second kappa shape index (κ2) is 4.42. The highest BCUT2D eigenvalue weighted by molar-refractivity contribution is 5.77. The number of nitrogens with two attached hydrogens (primary N) is 1. The Balaban J connectivity index is 2.18. The molecule has 1 rings (SSSR count). The lowest BCUT2D eigenvalue weighted by Crippen LogP contribution is -2.35. The zero-order chi connectivity index (χ0) is 8.97. The molecule has 4 heteroatoms. The first-order chi connectivity index (χ1) is 5.74. The van der Waals surface area contributed by atoms with Crippen LogP contribution < -0.4 is 11.1 Å². The number of hydrogen-bond acceptors (Lipinski definition) is 3. The van der Waals surface area contributed by atoms with Crippen LogP contribution in [0, 0.1) is 5.92 Å². The number of ether oxygens (including phenoxy) is 1. The fraction of sp³-hybridized carbons (Fsp3) is 0.875. The molecule has 1 saturated heterocycles. The van der Waals surface area contributed by atoms with Gasteiger partial charge in [-0.15, -0.1) is 0 Å². The molecule has 0 aromatic carbocycles. The highest BCUT2D eigenvalue weighted by Crippen LogP contribution is 2.18. The first-order valence-electron chi connectivity index (χ1n) is 4.32. The molecule has 0 bridgehead atoms. The van der Waals surface area contributed by atoms with Crippen molar-refractivity contribution in [1.29, 1.82) is 0 Å². The number of nitrogens with one attached hydrogen (secondary N) is 1. The molecule has 2 unspecified atom stereocenters. The predicted octanol–water partition coefficient (Wildman–Crippen LogP) is -0.514. The van der Waals surface area contributed by atoms with Gasteiger partial charge in [-0.3, -0.25) is 4.79 Å². The van der Waals surface area contributed by atoms with Crippen molar-refractivity contribution in [1.82, 2.24) is 5.32 Å². The van der Waals surface area contributed by atoms with Crippen LogP contribution in [-0.4, -0.2) is 31.7 Å². The summed E-state index contributed by atoms with van der Waals surface area (Å²) in [4.78, 5) is 10.8. The summed E-state index contributed by atoms with van der Waals surface area (Å²) in [6, 6.07) is 0. The molecule has 0 radical (unpaired) electrons. The van der Waals surface area contributed by atoms with Gasteiger partial charge in [0.15, 0.2) is 0 Å². The van der Waals surface area contributed by atoms with Gasteiger partial charge in [0.1, 0.15) is 0 Å². The van der Waals surface area contributed by atoms with Crippen LogP contribution in [0.3, 0.4) is 0 Å². The second-order valence-corrected chi connectivity index (χ2v) is 3.13. The summed E-state index contributed by atoms with van der Waals surface area (Å²) in [7, 11) is 0. The Morgan fingerprint density at radius 1 is 1.75 bits per heavy atom. The van der Waals surface area contributed by atoms with E-state index in [1.54, 1.807) is 0 Å². The molecule has 3 N–H and O–H groups in total. The van der Waals surface area contributed by atoms with Crippen LogP contribution in [-0.2, 0) is 9.53 Å². The third-order valence-corrected chi connectivity index (χ3v) is 2.28. The van der Waals surface area contributed by atoms with Gasteiger partial charge in [-0.25, -0.2) is 0 Å². The van der Waals surface area contributed by atoms with E-state index in [0.717, 1.165) is 13.0 Å². The molecule has 1 fully saturated rings. The normalized spacial score (nSPS) is 28.8. The van der Waals surface area contributed by atoms with Gasteiger partial charge in [0.25, 0.3) is 0 Å². The lowest BCUT2D eigenvalue weighted by atomic mass is 10.0. The average molecular weight is 172 g/mol. The summed E-state index contributed by atoms with van der Waals surface area (Å²) in [5.74, 6) is 0.370. The van der Waals surface area contributed by atoms with Crippen molar-refractivity contribution < 1.29 is 9.53 Å². The number of carbonyl (C=O) groups is 1. The van der Waals surface area contributed by atoms with Crippen LogP contribution in [0.15, 0.2) is 0 Å². The van der Waals surface area contributed by atoms with E-state index < -0.39 is 0 Å². The molecule has 70 valence electrons. The van der Waals surface area contributed by atoms with Crippen molar-refractivity contribution in [2.75, 3.05) is 19.7 Å². The fourth-order valence-corrected chi connectivity index (χ4v) is 1.36. The van der Waals surface area contributed by atoms with Gasteiger partial charge in [0.2, 0.25) is 5.91 Å². The van der Waals surface area contributed by atoms with Crippen LogP contribution in [0.2, 0.25) is 0 Å². The molecular weight excluding hydrogens is 156 g/mol. The Morgan fingerprint density at radius 2 is 2.50 bits per heavy atom. The highest BCUT2D eigenvalue weighted by Gasteiger charge is 2.23. The number of hydrogen-bond donors (Lipinski definition) is 2. The molecule has 2 atom stereocenters. The van der Waals surface area contributed by atoms with Crippen molar-refractivity contribution in [2.24, 2.45) is 11.7 Å². The lowest BCUT2D eigenvalue weighted by molar-refractivity contribution is -0.119. The minimum absolute atomic E-state index is 0.0714. The van der Waals surface area contributed by atoms with Crippen LogP contribution in [0.1, 0.15) is 13.3 Å². The Labute approximate surface area is 72.5 Å². The third-order valence-electron chi connectivity index (χ3n) is 2.28. The minimum Gasteiger partial charge on any atom is -0.378 e. The van der Waals surface area contributed by atoms with E-state index in [1.807, 2.05) is 6.92 Å². The smallest absolute Gasteiger partial charge is 0.233 e. The molecule has 1 aliphatic heterocycles. The first kappa shape index (κ1) is 9.48. The average Bonchev–Trinajstić information content (AvgIpc) is 2.47. The quantitative estimate of drug-likeness (QED) is 0.602. The molecule has 1 amide bonds. The summed E-state index contributed by atoms with van der Waals surface area (Å²) in [5, 5.41) is 2.76. The minimum atomic E-state index is -0.0888. The highest BCUT2D eigenvalue weighted by atomic mass is 16.5. The van der Waals surface area contributed by atoms with Crippen LogP contribution in [0.5, 0.6) is 0 Å². The number of amides is 1. The molecule has 4 nitrogen and oxygen atoms in total. The van der Waals surface area contributed by atoms with Crippen molar-refractivity contribution in [2.45, 2.75) is 19.4 Å². The molecular formula is C8H16N2O2. The van der Waals surface area contributed by atoms with Gasteiger partial charge in [0, 0.05) is 19.1 Å². The van der Waals surface area contributed by atoms with Gasteiger partial charge < -0.3 is 15.8 Å². The molecule has 12 heavy (non-hydrogen) atoms. The van der Waals surface area contributed by atoms with Crippen LogP contribution >= 0.6 is 0 Å². The number of carbonyl (C=O) groups excluding carboxylic acids is 1. The maximum absolute atomic E-state index is 10.8. The van der Waals surface area contributed by atoms with Gasteiger partial charge in [-0.2, -0.15) is 0 Å². The number of rotatable bonds is 3. The summed E-state index contributed by atoms with van der Waals surface area (Å²) < 4.78 is 5.35. The second-order valence-electron chi connectivity index (χ2n) is 3.13. The van der Waals surface area contributed by atoms with E-state index in [-0.39, 0.29) is 18.6 Å². The third kappa shape index (κ3) is 2.46. The zero-order valence-corrected chi connectivity index (χ0v) is 7.38. The van der Waals surface area contributed by atoms with Crippen LogP contribution in [0.4, 0.5) is 0 Å². The standard InChI is InChI=1S/C8H16N2O2/c1-6-7(2-3-12-6)5-10-8(11)4-9/h6-7H,2-5,9H2,1H3,(H,10,11). The SMILES string of the molecule is CC1OCCC1CNC(=O)CN. The van der Waals surface area contributed by atoms with Gasteiger partial charge in [0.05, 0.1) is 12.6 Å². The molecule has 1 aliphatic rings. The molecule has 0 spiro atoms. The van der Waals surface area contributed by atoms with Crippen molar-refractivity contribution in [3.8, 4) is 0 Å². The summed E-state index contributed by atoms with van der Waals surface area (Å²) in [6.45, 7) is 3.61. The first-order valence-corrected chi connectivity index (χ1v) is 4.32. The topological polar surface area (TPSA) is 64.3 Å². The maximum atomic E-state index is 10.8. The van der Waals surface area contributed by atoms with Crippen molar-refractivity contribution in [3.05, 3.63) is 0 Å². The summed E-state index contributed by atoms with van der Waals surface area (Å²) in [5.41, 5.74) is 5.15. The molecule has 1 heterocycles. The zero-order valence-electron chi connectivity index (χ0n) is 7.38. The summed E-state index contributed by atoms with van der Waals surface area (Å²) in [6.07, 6.45) is 1.30. The Bertz CT molecular complexity index is 161. The Kier molecular flexibility index (Phi) is 3.49. The molecule has 0 aromatic heterocycles. The van der Waals surface area contributed by atoms with E-state index in [1.165, 1.54) is 0 Å². The Morgan fingerprint density at radius 3 is 3.00 bits per heavy atom. The summed E-state index contributed by atoms with van der Waals surface area (Å²) >= 11 is 0. The molecule has 0 aliphatic carbocycles. The molecule has 0 aromatic rings. The largest absolute Gasteiger partial charge is 0.378 e.